The second-order valence-electron chi connectivity index (χ2n) is 9.39. The molecule has 0 saturated heterocycles. The van der Waals surface area contributed by atoms with Crippen LogP contribution in [0.5, 0.6) is 0 Å². The predicted molar refractivity (Wildman–Crippen MR) is 128 cm³/mol. The molecule has 0 heterocycles. The van der Waals surface area contributed by atoms with Crippen LogP contribution in [0.15, 0.2) is 48.5 Å². The van der Waals surface area contributed by atoms with Gasteiger partial charge in [-0.25, -0.2) is 4.79 Å². The zero-order valence-electron chi connectivity index (χ0n) is 19.5. The summed E-state index contributed by atoms with van der Waals surface area (Å²) >= 11 is 0. The van der Waals surface area contributed by atoms with Crippen molar-refractivity contribution >= 4 is 18.0 Å². The third-order valence-corrected chi connectivity index (χ3v) is 6.89. The Morgan fingerprint density at radius 1 is 1.00 bits per heavy atom. The van der Waals surface area contributed by atoms with Gasteiger partial charge < -0.3 is 20.5 Å². The standard InChI is InChI=1S/C27H32N2O5/c1-17(14-26(31)32)28-25(30)15-18-8-2-7-13-24(18)29-27(33)34-16-23-21-11-5-3-9-19(21)20-10-4-6-12-22(20)23/h3-6,9-12,17-18,23-24H,2,7-8,13-16H2,1H3,(H,28,30)(H,29,33)(H,31,32)/t17-,18+,24+/m0/s1. The first-order valence-corrected chi connectivity index (χ1v) is 12.0. The summed E-state index contributed by atoms with van der Waals surface area (Å²) in [4.78, 5) is 36.0. The average molecular weight is 465 g/mol. The summed E-state index contributed by atoms with van der Waals surface area (Å²) in [5.74, 6) is -1.12. The lowest BCUT2D eigenvalue weighted by atomic mass is 9.82. The number of aliphatic carboxylic acids is 1. The maximum atomic E-state index is 12.7. The number of carboxylic acid groups (broad SMARTS) is 1. The van der Waals surface area contributed by atoms with E-state index in [0.717, 1.165) is 25.7 Å². The van der Waals surface area contributed by atoms with Crippen molar-refractivity contribution < 1.29 is 24.2 Å². The number of rotatable bonds is 8. The van der Waals surface area contributed by atoms with Gasteiger partial charge in [0.2, 0.25) is 5.91 Å². The van der Waals surface area contributed by atoms with Crippen molar-refractivity contribution in [2.75, 3.05) is 6.61 Å². The lowest BCUT2D eigenvalue weighted by Gasteiger charge is -2.32. The molecule has 1 fully saturated rings. The summed E-state index contributed by atoms with van der Waals surface area (Å²) in [6, 6.07) is 15.9. The summed E-state index contributed by atoms with van der Waals surface area (Å²) in [6.45, 7) is 1.93. The van der Waals surface area contributed by atoms with Crippen LogP contribution in [0.2, 0.25) is 0 Å². The summed E-state index contributed by atoms with van der Waals surface area (Å²) in [5, 5.41) is 14.6. The van der Waals surface area contributed by atoms with E-state index in [4.69, 9.17) is 9.84 Å². The second-order valence-corrected chi connectivity index (χ2v) is 9.39. The lowest BCUT2D eigenvalue weighted by Crippen LogP contribution is -2.45. The first-order chi connectivity index (χ1) is 16.4. The van der Waals surface area contributed by atoms with E-state index < -0.39 is 18.1 Å². The largest absolute Gasteiger partial charge is 0.481 e. The van der Waals surface area contributed by atoms with Gasteiger partial charge in [0, 0.05) is 24.4 Å². The van der Waals surface area contributed by atoms with Gasteiger partial charge in [-0.3, -0.25) is 9.59 Å². The molecule has 4 rings (SSSR count). The van der Waals surface area contributed by atoms with E-state index in [-0.39, 0.29) is 43.2 Å². The van der Waals surface area contributed by atoms with Gasteiger partial charge >= 0.3 is 12.1 Å². The molecule has 2 aliphatic rings. The van der Waals surface area contributed by atoms with Crippen LogP contribution in [0.25, 0.3) is 11.1 Å². The second kappa shape index (κ2) is 10.7. The highest BCUT2D eigenvalue weighted by molar-refractivity contribution is 5.79. The topological polar surface area (TPSA) is 105 Å². The van der Waals surface area contributed by atoms with Crippen molar-refractivity contribution in [2.24, 2.45) is 5.92 Å². The molecule has 1 saturated carbocycles. The molecule has 0 aliphatic heterocycles. The quantitative estimate of drug-likeness (QED) is 0.535. The molecule has 2 amide bonds. The molecule has 7 heteroatoms. The number of carbonyl (C=O) groups excluding carboxylic acids is 2. The van der Waals surface area contributed by atoms with E-state index >= 15 is 0 Å². The van der Waals surface area contributed by atoms with Crippen LogP contribution in [0.3, 0.4) is 0 Å². The Balaban J connectivity index is 1.33. The minimum absolute atomic E-state index is 0.00167. The molecular formula is C27H32N2O5. The molecule has 34 heavy (non-hydrogen) atoms. The minimum atomic E-state index is -0.944. The third-order valence-electron chi connectivity index (χ3n) is 6.89. The van der Waals surface area contributed by atoms with Crippen LogP contribution >= 0.6 is 0 Å². The number of hydrogen-bond acceptors (Lipinski definition) is 4. The number of nitrogens with one attached hydrogen (secondary N) is 2. The fraction of sp³-hybridized carbons (Fsp3) is 0.444. The van der Waals surface area contributed by atoms with E-state index in [9.17, 15) is 14.4 Å². The van der Waals surface area contributed by atoms with Crippen molar-refractivity contribution in [3.8, 4) is 11.1 Å². The molecule has 0 aromatic heterocycles. The van der Waals surface area contributed by atoms with Crippen molar-refractivity contribution in [1.82, 2.24) is 10.6 Å². The Morgan fingerprint density at radius 3 is 2.26 bits per heavy atom. The SMILES string of the molecule is C[C@@H](CC(=O)O)NC(=O)C[C@H]1CCCC[C@H]1NC(=O)OCC1c2ccccc2-c2ccccc21. The monoisotopic (exact) mass is 464 g/mol. The third kappa shape index (κ3) is 5.58. The maximum absolute atomic E-state index is 12.7. The van der Waals surface area contributed by atoms with Crippen LogP contribution < -0.4 is 10.6 Å². The predicted octanol–water partition coefficient (Wildman–Crippen LogP) is 4.45. The molecule has 2 aromatic rings. The van der Waals surface area contributed by atoms with Crippen molar-refractivity contribution in [2.45, 2.75) is 63.5 Å². The first kappa shape index (κ1) is 23.8. The molecule has 2 aromatic carbocycles. The van der Waals surface area contributed by atoms with Crippen molar-refractivity contribution in [1.29, 1.82) is 0 Å². The Kier molecular flexibility index (Phi) is 7.50. The molecule has 180 valence electrons. The smallest absolute Gasteiger partial charge is 0.407 e. The highest BCUT2D eigenvalue weighted by atomic mass is 16.5. The van der Waals surface area contributed by atoms with Gasteiger partial charge in [0.05, 0.1) is 6.42 Å². The lowest BCUT2D eigenvalue weighted by molar-refractivity contribution is -0.137. The average Bonchev–Trinajstić information content (AvgIpc) is 3.12. The number of ether oxygens (including phenoxy) is 1. The summed E-state index contributed by atoms with van der Waals surface area (Å²) in [6.07, 6.45) is 3.32. The van der Waals surface area contributed by atoms with Gasteiger partial charge in [-0.1, -0.05) is 61.4 Å². The van der Waals surface area contributed by atoms with Crippen molar-refractivity contribution in [3.05, 3.63) is 59.7 Å². The molecule has 3 atom stereocenters. The number of alkyl carbamates (subject to hydrolysis) is 1. The van der Waals surface area contributed by atoms with E-state index in [0.29, 0.717) is 0 Å². The number of benzene rings is 2. The Morgan fingerprint density at radius 2 is 1.62 bits per heavy atom. The van der Waals surface area contributed by atoms with E-state index in [2.05, 4.69) is 34.9 Å². The molecular weight excluding hydrogens is 432 g/mol. The highest BCUT2D eigenvalue weighted by Gasteiger charge is 2.31. The molecule has 0 unspecified atom stereocenters. The summed E-state index contributed by atoms with van der Waals surface area (Å²) < 4.78 is 5.69. The van der Waals surface area contributed by atoms with E-state index in [1.165, 1.54) is 22.3 Å². The summed E-state index contributed by atoms with van der Waals surface area (Å²) in [7, 11) is 0. The molecule has 0 bridgehead atoms. The van der Waals surface area contributed by atoms with Gasteiger partial charge in [-0.05, 0) is 47.9 Å². The van der Waals surface area contributed by atoms with Crippen LogP contribution in [0, 0.1) is 5.92 Å². The van der Waals surface area contributed by atoms with Gasteiger partial charge in [0.15, 0.2) is 0 Å². The zero-order valence-corrected chi connectivity index (χ0v) is 19.5. The molecule has 0 spiro atoms. The zero-order chi connectivity index (χ0) is 24.1. The number of carboxylic acids is 1. The van der Waals surface area contributed by atoms with Gasteiger partial charge in [0.1, 0.15) is 6.61 Å². The van der Waals surface area contributed by atoms with Crippen LogP contribution in [-0.2, 0) is 14.3 Å². The Labute approximate surface area is 199 Å². The van der Waals surface area contributed by atoms with Crippen LogP contribution in [-0.4, -0.2) is 41.8 Å². The van der Waals surface area contributed by atoms with Crippen LogP contribution in [0.4, 0.5) is 4.79 Å². The fourth-order valence-corrected chi connectivity index (χ4v) is 5.32. The number of fused-ring (bicyclic) bond motifs is 3. The fourth-order valence-electron chi connectivity index (χ4n) is 5.32. The summed E-state index contributed by atoms with van der Waals surface area (Å²) in [5.41, 5.74) is 4.70. The highest BCUT2D eigenvalue weighted by Crippen LogP contribution is 2.44. The Bertz CT molecular complexity index is 1010. The van der Waals surface area contributed by atoms with Gasteiger partial charge in [-0.15, -0.1) is 0 Å². The maximum Gasteiger partial charge on any atom is 0.407 e. The number of amides is 2. The molecule has 0 radical (unpaired) electrons. The first-order valence-electron chi connectivity index (χ1n) is 12.0. The molecule has 7 nitrogen and oxygen atoms in total. The molecule has 2 aliphatic carbocycles. The minimum Gasteiger partial charge on any atom is -0.481 e. The molecule has 3 N–H and O–H groups in total. The Hall–Kier alpha value is -3.35. The van der Waals surface area contributed by atoms with Crippen molar-refractivity contribution in [3.63, 3.8) is 0 Å². The number of carbonyl (C=O) groups is 3. The van der Waals surface area contributed by atoms with Crippen LogP contribution in [0.1, 0.15) is 62.5 Å². The number of hydrogen-bond donors (Lipinski definition) is 3. The van der Waals surface area contributed by atoms with Gasteiger partial charge in [-0.2, -0.15) is 0 Å². The normalized spacial score (nSPS) is 20.0. The van der Waals surface area contributed by atoms with Gasteiger partial charge in [0.25, 0.3) is 0 Å². The van der Waals surface area contributed by atoms with E-state index in [1.807, 2.05) is 24.3 Å². The van der Waals surface area contributed by atoms with E-state index in [1.54, 1.807) is 6.92 Å².